The van der Waals surface area contributed by atoms with Crippen LogP contribution in [0.5, 0.6) is 0 Å². The van der Waals surface area contributed by atoms with Crippen LogP contribution in [-0.2, 0) is 21.7 Å². The van der Waals surface area contributed by atoms with E-state index >= 15 is 0 Å². The molecular formula is C66H61B3N2. The molecule has 71 heavy (non-hydrogen) atoms. The molecule has 0 amide bonds. The Morgan fingerprint density at radius 1 is 0.310 bits per heavy atom. The fraction of sp³-hybridized carbons (Fsp3) is 0.242. The van der Waals surface area contributed by atoms with Gasteiger partial charge in [-0.15, -0.1) is 0 Å². The van der Waals surface area contributed by atoms with E-state index in [1.54, 1.807) is 0 Å². The number of hydrogen-bond donors (Lipinski definition) is 2. The molecule has 2 nitrogen and oxygen atoms in total. The molecule has 9 aromatic carbocycles. The van der Waals surface area contributed by atoms with E-state index in [1.165, 1.54) is 149 Å². The van der Waals surface area contributed by atoms with Crippen molar-refractivity contribution in [1.82, 2.24) is 0 Å². The summed E-state index contributed by atoms with van der Waals surface area (Å²) >= 11 is 0. The van der Waals surface area contributed by atoms with Gasteiger partial charge >= 0.3 is 0 Å². The normalized spacial score (nSPS) is 14.1. The van der Waals surface area contributed by atoms with Crippen molar-refractivity contribution < 1.29 is 0 Å². The van der Waals surface area contributed by atoms with Crippen molar-refractivity contribution in [2.75, 3.05) is 10.6 Å². The highest BCUT2D eigenvalue weighted by molar-refractivity contribution is 7.00. The monoisotopic (exact) mass is 915 g/mol. The fourth-order valence-electron chi connectivity index (χ4n) is 12.1. The second-order valence-electron chi connectivity index (χ2n) is 25.3. The zero-order valence-corrected chi connectivity index (χ0v) is 43.5. The molecule has 4 bridgehead atoms. The quantitative estimate of drug-likeness (QED) is 0.148. The molecule has 0 unspecified atom stereocenters. The Labute approximate surface area is 423 Å². The van der Waals surface area contributed by atoms with Crippen LogP contribution in [0.3, 0.4) is 0 Å². The summed E-state index contributed by atoms with van der Waals surface area (Å²) in [4.78, 5) is 0. The van der Waals surface area contributed by atoms with E-state index in [2.05, 4.69) is 248 Å². The van der Waals surface area contributed by atoms with Gasteiger partial charge in [0.25, 0.3) is 6.71 Å². The van der Waals surface area contributed by atoms with Gasteiger partial charge in [0.15, 0.2) is 14.6 Å². The van der Waals surface area contributed by atoms with Crippen molar-refractivity contribution >= 4 is 104 Å². The Morgan fingerprint density at radius 2 is 0.662 bits per heavy atom. The summed E-state index contributed by atoms with van der Waals surface area (Å²) in [5, 5.41) is 13.7. The molecule has 4 heterocycles. The van der Waals surface area contributed by atoms with Crippen molar-refractivity contribution in [2.24, 2.45) is 0 Å². The third-order valence-electron chi connectivity index (χ3n) is 16.3. The second kappa shape index (κ2) is 14.9. The molecule has 2 N–H and O–H groups in total. The molecule has 9 aromatic rings. The van der Waals surface area contributed by atoms with Crippen molar-refractivity contribution in [3.8, 4) is 44.5 Å². The van der Waals surface area contributed by atoms with E-state index in [0.29, 0.717) is 0 Å². The van der Waals surface area contributed by atoms with Gasteiger partial charge in [-0.1, -0.05) is 214 Å². The van der Waals surface area contributed by atoms with Crippen LogP contribution in [0.4, 0.5) is 22.7 Å². The Hall–Kier alpha value is -6.71. The van der Waals surface area contributed by atoms with Crippen LogP contribution in [0.15, 0.2) is 140 Å². The molecule has 0 aliphatic carbocycles. The summed E-state index contributed by atoms with van der Waals surface area (Å²) in [6.45, 7) is 28.2. The second-order valence-corrected chi connectivity index (χ2v) is 25.3. The van der Waals surface area contributed by atoms with Gasteiger partial charge in [0, 0.05) is 45.0 Å². The molecule has 0 saturated heterocycles. The maximum atomic E-state index is 4.36. The number of rotatable bonds is 0. The largest absolute Gasteiger partial charge is 0.355 e. The zero-order chi connectivity index (χ0) is 49.3. The third-order valence-corrected chi connectivity index (χ3v) is 16.3. The maximum Gasteiger partial charge on any atom is 0.252 e. The average molecular weight is 915 g/mol. The summed E-state index contributed by atoms with van der Waals surface area (Å²) in [7, 11) is 5.00. The van der Waals surface area contributed by atoms with E-state index in [-0.39, 0.29) is 28.4 Å². The van der Waals surface area contributed by atoms with Crippen LogP contribution in [0.2, 0.25) is 0 Å². The van der Waals surface area contributed by atoms with Crippen LogP contribution >= 0.6 is 0 Å². The van der Waals surface area contributed by atoms with E-state index in [4.69, 9.17) is 0 Å². The number of nitrogens with one attached hydrogen (secondary N) is 2. The Kier molecular flexibility index (Phi) is 9.30. The van der Waals surface area contributed by atoms with Crippen LogP contribution < -0.4 is 48.9 Å². The van der Waals surface area contributed by atoms with Gasteiger partial charge in [-0.25, -0.2) is 0 Å². The molecule has 0 aromatic heterocycles. The number of benzene rings is 9. The summed E-state index contributed by atoms with van der Waals surface area (Å²) in [6, 6.07) is 54.9. The Bertz CT molecular complexity index is 3570. The zero-order valence-electron chi connectivity index (χ0n) is 43.5. The highest BCUT2D eigenvalue weighted by Crippen LogP contribution is 2.48. The minimum atomic E-state index is -0.119. The molecule has 2 radical (unpaired) electrons. The van der Waals surface area contributed by atoms with Crippen LogP contribution in [0, 0.1) is 0 Å². The standard InChI is InChI=1S/C66H61B3N2/c1-63(2,3)40-21-23-44-48-29-42(65(7,8)9)33-56-59(48)70-61-50(46-25-36-17-13-15-19-38(36)27-52(46)67-54(44)31-40)35-51-47-26-37-18-14-16-20-39(37)28-53(47)68-55-32-41(64(4,5)6)22-24-45(55)49-30-43(66(10,11)12)34-57-60(49)71-62(51)58(61)69(56)57/h13-35,70-71H,1-12H3. The van der Waals surface area contributed by atoms with Gasteiger partial charge in [-0.2, -0.15) is 0 Å². The fourth-order valence-corrected chi connectivity index (χ4v) is 12.1. The smallest absolute Gasteiger partial charge is 0.252 e. The van der Waals surface area contributed by atoms with E-state index in [9.17, 15) is 0 Å². The van der Waals surface area contributed by atoms with Crippen molar-refractivity contribution in [2.45, 2.75) is 105 Å². The number of anilines is 4. The molecule has 0 atom stereocenters. The number of hydrogen-bond acceptors (Lipinski definition) is 2. The van der Waals surface area contributed by atoms with Gasteiger partial charge in [-0.3, -0.25) is 0 Å². The predicted molar refractivity (Wildman–Crippen MR) is 312 cm³/mol. The number of fused-ring (bicyclic) bond motifs is 12. The average Bonchev–Trinajstić information content (AvgIpc) is 3.31. The molecule has 0 spiro atoms. The Morgan fingerprint density at radius 3 is 1.04 bits per heavy atom. The van der Waals surface area contributed by atoms with Crippen molar-refractivity contribution in [3.63, 3.8) is 0 Å². The van der Waals surface area contributed by atoms with Gasteiger partial charge in [0.1, 0.15) is 0 Å². The molecule has 0 fully saturated rings. The van der Waals surface area contributed by atoms with Gasteiger partial charge < -0.3 is 10.6 Å². The molecule has 344 valence electrons. The van der Waals surface area contributed by atoms with E-state index < -0.39 is 0 Å². The molecule has 5 heteroatoms. The first-order chi connectivity index (χ1) is 33.7. The molecule has 4 aliphatic heterocycles. The lowest BCUT2D eigenvalue weighted by Crippen LogP contribution is -2.60. The van der Waals surface area contributed by atoms with E-state index in [1.807, 2.05) is 0 Å². The van der Waals surface area contributed by atoms with Crippen LogP contribution in [0.1, 0.15) is 105 Å². The molecule has 0 saturated carbocycles. The minimum Gasteiger partial charge on any atom is -0.355 e. The van der Waals surface area contributed by atoms with Gasteiger partial charge in [-0.05, 0) is 134 Å². The first kappa shape index (κ1) is 44.3. The Balaban J connectivity index is 1.26. The summed E-state index contributed by atoms with van der Waals surface area (Å²) in [6.07, 6.45) is 0. The third kappa shape index (κ3) is 6.93. The minimum absolute atomic E-state index is 0.0318. The lowest BCUT2D eigenvalue weighted by molar-refractivity contribution is 0.590. The lowest BCUT2D eigenvalue weighted by atomic mass is 9.32. The molecule has 13 rings (SSSR count). The highest BCUT2D eigenvalue weighted by Gasteiger charge is 2.44. The summed E-state index contributed by atoms with van der Waals surface area (Å²) in [5.74, 6) is 0. The lowest BCUT2D eigenvalue weighted by Gasteiger charge is -2.41. The molecule has 4 aliphatic rings. The maximum absolute atomic E-state index is 4.36. The van der Waals surface area contributed by atoms with Gasteiger partial charge in [0.05, 0.1) is 0 Å². The topological polar surface area (TPSA) is 24.1 Å². The van der Waals surface area contributed by atoms with E-state index in [0.717, 1.165) is 0 Å². The summed E-state index contributed by atoms with van der Waals surface area (Å²) < 4.78 is 0. The molecular weight excluding hydrogens is 853 g/mol. The van der Waals surface area contributed by atoms with Crippen LogP contribution in [0.25, 0.3) is 66.1 Å². The summed E-state index contributed by atoms with van der Waals surface area (Å²) in [5.41, 5.74) is 28.6. The predicted octanol–water partition coefficient (Wildman–Crippen LogP) is 12.4. The highest BCUT2D eigenvalue weighted by atomic mass is 15.0. The van der Waals surface area contributed by atoms with Gasteiger partial charge in [0.2, 0.25) is 0 Å². The van der Waals surface area contributed by atoms with Crippen molar-refractivity contribution in [3.05, 3.63) is 162 Å². The first-order valence-electron chi connectivity index (χ1n) is 25.8. The van der Waals surface area contributed by atoms with Crippen LogP contribution in [-0.4, -0.2) is 21.3 Å². The first-order valence-corrected chi connectivity index (χ1v) is 25.8. The SMILES string of the molecule is CC(C)(C)c1ccc2c(c1)[B]c1cc3ccccc3cc1-c1cc3c4c5c1Nc1c(cc(C(C)(C)C)cc1-2)B5c1cc(C(C)(C)C)cc(c1N4)-c1ccc(C(C)(C)C)cc1[B]c1cc2ccccc2cc1-3. The van der Waals surface area contributed by atoms with Crippen molar-refractivity contribution in [1.29, 1.82) is 0 Å².